The van der Waals surface area contributed by atoms with Crippen LogP contribution in [0.15, 0.2) is 33.9 Å². The topological polar surface area (TPSA) is 22.1 Å². The van der Waals surface area contributed by atoms with Gasteiger partial charge in [0.05, 0.1) is 0 Å². The summed E-state index contributed by atoms with van der Waals surface area (Å²) in [6, 6.07) is 5.75. The largest absolute Gasteiger partial charge is 0.473 e. The molecule has 0 N–H and O–H groups in total. The van der Waals surface area contributed by atoms with E-state index in [0.29, 0.717) is 17.6 Å². The Balaban J connectivity index is 2.06. The summed E-state index contributed by atoms with van der Waals surface area (Å²) in [5, 5.41) is 4.55. The average molecular weight is 272 g/mol. The van der Waals surface area contributed by atoms with Crippen LogP contribution < -0.4 is 4.74 Å². The Morgan fingerprint density at radius 2 is 2.38 bits per heavy atom. The molecule has 0 spiro atoms. The molecule has 0 aliphatic rings. The van der Waals surface area contributed by atoms with Crippen LogP contribution in [0, 0.1) is 0 Å². The molecule has 5 heteroatoms. The highest BCUT2D eigenvalue weighted by Gasteiger charge is 2.02. The van der Waals surface area contributed by atoms with Crippen LogP contribution in [0.25, 0.3) is 0 Å². The fraction of sp³-hybridized carbons (Fsp3) is 0.182. The SMILES string of the molecule is CSc1cc(Cl)nc(OCc2ccsc2)c1. The van der Waals surface area contributed by atoms with Gasteiger partial charge in [-0.1, -0.05) is 11.6 Å². The molecule has 0 bridgehead atoms. The Morgan fingerprint density at radius 3 is 3.06 bits per heavy atom. The molecule has 0 aromatic carbocycles. The molecule has 2 rings (SSSR count). The molecule has 0 unspecified atom stereocenters. The maximum atomic E-state index is 5.89. The molecule has 0 radical (unpaired) electrons. The number of hydrogen-bond acceptors (Lipinski definition) is 4. The molecule has 2 heterocycles. The molecule has 0 saturated carbocycles. The lowest BCUT2D eigenvalue weighted by molar-refractivity contribution is 0.293. The monoisotopic (exact) mass is 271 g/mol. The fourth-order valence-electron chi connectivity index (χ4n) is 1.17. The van der Waals surface area contributed by atoms with Crippen LogP contribution in [0.3, 0.4) is 0 Å². The number of thiophene rings is 1. The van der Waals surface area contributed by atoms with Gasteiger partial charge in [0.15, 0.2) is 0 Å². The van der Waals surface area contributed by atoms with Crippen LogP contribution in [0.5, 0.6) is 5.88 Å². The standard InChI is InChI=1S/C11H10ClNOS2/c1-15-9-4-10(12)13-11(5-9)14-6-8-2-3-16-7-8/h2-5,7H,6H2,1H3. The summed E-state index contributed by atoms with van der Waals surface area (Å²) >= 11 is 9.16. The van der Waals surface area contributed by atoms with E-state index < -0.39 is 0 Å². The number of hydrogen-bond donors (Lipinski definition) is 0. The minimum absolute atomic E-state index is 0.465. The maximum absolute atomic E-state index is 5.89. The van der Waals surface area contributed by atoms with Crippen molar-refractivity contribution in [3.05, 3.63) is 39.7 Å². The predicted octanol–water partition coefficient (Wildman–Crippen LogP) is 4.10. The van der Waals surface area contributed by atoms with Gasteiger partial charge in [0.1, 0.15) is 11.8 Å². The van der Waals surface area contributed by atoms with Crippen LogP contribution in [0.2, 0.25) is 5.15 Å². The van der Waals surface area contributed by atoms with Crippen molar-refractivity contribution in [3.63, 3.8) is 0 Å². The molecule has 0 saturated heterocycles. The zero-order chi connectivity index (χ0) is 11.4. The third kappa shape index (κ3) is 3.14. The van der Waals surface area contributed by atoms with Gasteiger partial charge in [0, 0.05) is 16.5 Å². The van der Waals surface area contributed by atoms with Crippen molar-refractivity contribution in [2.45, 2.75) is 11.5 Å². The average Bonchev–Trinajstić information content (AvgIpc) is 2.78. The highest BCUT2D eigenvalue weighted by atomic mass is 35.5. The van der Waals surface area contributed by atoms with Crippen LogP contribution in [-0.4, -0.2) is 11.2 Å². The van der Waals surface area contributed by atoms with Gasteiger partial charge in [0.25, 0.3) is 0 Å². The van der Waals surface area contributed by atoms with Crippen LogP contribution in [-0.2, 0) is 6.61 Å². The number of ether oxygens (including phenoxy) is 1. The Labute approximate surface area is 108 Å². The van der Waals surface area contributed by atoms with Gasteiger partial charge in [0.2, 0.25) is 5.88 Å². The summed E-state index contributed by atoms with van der Waals surface area (Å²) < 4.78 is 5.57. The molecule has 0 aliphatic heterocycles. The number of halogens is 1. The summed E-state index contributed by atoms with van der Waals surface area (Å²) in [5.41, 5.74) is 1.15. The van der Waals surface area contributed by atoms with Crippen molar-refractivity contribution >= 4 is 34.7 Å². The van der Waals surface area contributed by atoms with Crippen molar-refractivity contribution in [1.29, 1.82) is 0 Å². The van der Waals surface area contributed by atoms with Crippen molar-refractivity contribution in [3.8, 4) is 5.88 Å². The van der Waals surface area contributed by atoms with Gasteiger partial charge in [-0.3, -0.25) is 0 Å². The molecule has 2 aromatic heterocycles. The zero-order valence-electron chi connectivity index (χ0n) is 8.64. The number of nitrogens with zero attached hydrogens (tertiary/aromatic N) is 1. The third-order valence-corrected chi connectivity index (χ3v) is 3.58. The molecule has 0 amide bonds. The normalized spacial score (nSPS) is 10.4. The van der Waals surface area contributed by atoms with Gasteiger partial charge in [-0.25, -0.2) is 4.98 Å². The maximum Gasteiger partial charge on any atom is 0.216 e. The Morgan fingerprint density at radius 1 is 1.50 bits per heavy atom. The predicted molar refractivity (Wildman–Crippen MR) is 69.7 cm³/mol. The smallest absolute Gasteiger partial charge is 0.216 e. The van der Waals surface area contributed by atoms with Gasteiger partial charge in [-0.2, -0.15) is 11.3 Å². The number of aromatic nitrogens is 1. The molecule has 2 aromatic rings. The first-order valence-corrected chi connectivity index (χ1v) is 7.18. The van der Waals surface area contributed by atoms with E-state index >= 15 is 0 Å². The zero-order valence-corrected chi connectivity index (χ0v) is 11.0. The minimum Gasteiger partial charge on any atom is -0.473 e. The summed E-state index contributed by atoms with van der Waals surface area (Å²) in [5.74, 6) is 0.572. The van der Waals surface area contributed by atoms with Crippen molar-refractivity contribution in [2.24, 2.45) is 0 Å². The third-order valence-electron chi connectivity index (χ3n) is 1.95. The van der Waals surface area contributed by atoms with Crippen molar-refractivity contribution < 1.29 is 4.74 Å². The van der Waals surface area contributed by atoms with E-state index in [1.165, 1.54) is 0 Å². The molecule has 84 valence electrons. The van der Waals surface area contributed by atoms with E-state index in [2.05, 4.69) is 10.4 Å². The van der Waals surface area contributed by atoms with Gasteiger partial charge in [-0.05, 0) is 29.1 Å². The van der Waals surface area contributed by atoms with Crippen molar-refractivity contribution in [2.75, 3.05) is 6.26 Å². The molecular formula is C11H10ClNOS2. The fourth-order valence-corrected chi connectivity index (χ4v) is 2.54. The van der Waals surface area contributed by atoms with Crippen LogP contribution in [0.1, 0.15) is 5.56 Å². The summed E-state index contributed by atoms with van der Waals surface area (Å²) in [7, 11) is 0. The highest BCUT2D eigenvalue weighted by molar-refractivity contribution is 7.98. The van der Waals surface area contributed by atoms with E-state index in [1.54, 1.807) is 23.1 Å². The molecule has 0 fully saturated rings. The second-order valence-electron chi connectivity index (χ2n) is 3.09. The molecule has 0 atom stereocenters. The Kier molecular flexibility index (Phi) is 4.09. The quantitative estimate of drug-likeness (QED) is 0.617. The summed E-state index contributed by atoms with van der Waals surface area (Å²) in [6.45, 7) is 0.532. The number of rotatable bonds is 4. The van der Waals surface area contributed by atoms with E-state index in [4.69, 9.17) is 16.3 Å². The second-order valence-corrected chi connectivity index (χ2v) is 5.14. The van der Waals surface area contributed by atoms with Crippen LogP contribution >= 0.6 is 34.7 Å². The molecule has 0 aliphatic carbocycles. The van der Waals surface area contributed by atoms with E-state index in [9.17, 15) is 0 Å². The number of pyridine rings is 1. The van der Waals surface area contributed by atoms with Crippen LogP contribution in [0.4, 0.5) is 0 Å². The van der Waals surface area contributed by atoms with E-state index in [1.807, 2.05) is 29.8 Å². The molecule has 16 heavy (non-hydrogen) atoms. The number of thioether (sulfide) groups is 1. The minimum atomic E-state index is 0.465. The summed E-state index contributed by atoms with van der Waals surface area (Å²) in [6.07, 6.45) is 1.99. The first-order valence-electron chi connectivity index (χ1n) is 4.63. The highest BCUT2D eigenvalue weighted by Crippen LogP contribution is 2.23. The summed E-state index contributed by atoms with van der Waals surface area (Å²) in [4.78, 5) is 5.17. The second kappa shape index (κ2) is 5.57. The Bertz CT molecular complexity index is 459. The lowest BCUT2D eigenvalue weighted by Crippen LogP contribution is -1.96. The van der Waals surface area contributed by atoms with E-state index in [0.717, 1.165) is 10.5 Å². The molecule has 2 nitrogen and oxygen atoms in total. The first kappa shape index (κ1) is 11.8. The van der Waals surface area contributed by atoms with Gasteiger partial charge >= 0.3 is 0 Å². The Hall–Kier alpha value is -0.710. The van der Waals surface area contributed by atoms with Gasteiger partial charge < -0.3 is 4.74 Å². The van der Waals surface area contributed by atoms with Gasteiger partial charge in [-0.15, -0.1) is 11.8 Å². The lowest BCUT2D eigenvalue weighted by atomic mass is 10.4. The van der Waals surface area contributed by atoms with Crippen molar-refractivity contribution in [1.82, 2.24) is 4.98 Å². The lowest BCUT2D eigenvalue weighted by Gasteiger charge is -2.05. The molecular weight excluding hydrogens is 262 g/mol. The first-order chi connectivity index (χ1) is 7.78. The van der Waals surface area contributed by atoms with E-state index in [-0.39, 0.29) is 0 Å².